The molecular formula is C17H18F4N4. The maximum Gasteiger partial charge on any atom is 0.435 e. The summed E-state index contributed by atoms with van der Waals surface area (Å²) in [7, 11) is 0. The van der Waals surface area contributed by atoms with Crippen LogP contribution in [0.3, 0.4) is 0 Å². The molecule has 1 fully saturated rings. The SMILES string of the molecule is Fc1cccc(CN2CCC(Nc3ccc(C(F)(F)F)nn3)CC2)c1. The molecule has 3 rings (SSSR count). The van der Waals surface area contributed by atoms with Crippen molar-refractivity contribution in [1.29, 1.82) is 0 Å². The topological polar surface area (TPSA) is 41.0 Å². The molecule has 1 aliphatic heterocycles. The van der Waals surface area contributed by atoms with E-state index in [1.807, 2.05) is 6.07 Å². The molecule has 25 heavy (non-hydrogen) atoms. The number of likely N-dealkylation sites (tertiary alicyclic amines) is 1. The summed E-state index contributed by atoms with van der Waals surface area (Å²) in [4.78, 5) is 2.23. The van der Waals surface area contributed by atoms with Crippen LogP contribution in [0.25, 0.3) is 0 Å². The van der Waals surface area contributed by atoms with E-state index in [-0.39, 0.29) is 11.9 Å². The zero-order chi connectivity index (χ0) is 17.9. The molecule has 2 aromatic rings. The molecule has 0 radical (unpaired) electrons. The van der Waals surface area contributed by atoms with Crippen LogP contribution >= 0.6 is 0 Å². The molecule has 0 atom stereocenters. The first-order valence-electron chi connectivity index (χ1n) is 8.04. The highest BCUT2D eigenvalue weighted by Gasteiger charge is 2.33. The van der Waals surface area contributed by atoms with Crippen molar-refractivity contribution in [3.8, 4) is 0 Å². The number of benzene rings is 1. The average Bonchev–Trinajstić information content (AvgIpc) is 2.56. The first-order valence-corrected chi connectivity index (χ1v) is 8.04. The van der Waals surface area contributed by atoms with Gasteiger partial charge in [-0.05, 0) is 42.7 Å². The third-order valence-electron chi connectivity index (χ3n) is 4.19. The zero-order valence-corrected chi connectivity index (χ0v) is 13.4. The van der Waals surface area contributed by atoms with Gasteiger partial charge in [0.05, 0.1) is 0 Å². The van der Waals surface area contributed by atoms with Crippen molar-refractivity contribution in [2.24, 2.45) is 0 Å². The molecule has 0 aliphatic carbocycles. The molecule has 2 heterocycles. The van der Waals surface area contributed by atoms with Crippen LogP contribution in [0.5, 0.6) is 0 Å². The van der Waals surface area contributed by atoms with Gasteiger partial charge in [0.15, 0.2) is 5.69 Å². The van der Waals surface area contributed by atoms with Crippen LogP contribution in [0.4, 0.5) is 23.4 Å². The minimum Gasteiger partial charge on any atom is -0.366 e. The average molecular weight is 354 g/mol. The van der Waals surface area contributed by atoms with Gasteiger partial charge >= 0.3 is 6.18 Å². The third kappa shape index (κ3) is 4.88. The molecular weight excluding hydrogens is 336 g/mol. The zero-order valence-electron chi connectivity index (χ0n) is 13.4. The number of nitrogens with zero attached hydrogens (tertiary/aromatic N) is 3. The van der Waals surface area contributed by atoms with Gasteiger partial charge in [-0.15, -0.1) is 10.2 Å². The number of hydrogen-bond acceptors (Lipinski definition) is 4. The Balaban J connectivity index is 1.49. The van der Waals surface area contributed by atoms with Crippen molar-refractivity contribution < 1.29 is 17.6 Å². The molecule has 0 saturated carbocycles. The van der Waals surface area contributed by atoms with Crippen molar-refractivity contribution in [2.75, 3.05) is 18.4 Å². The fourth-order valence-corrected chi connectivity index (χ4v) is 2.90. The van der Waals surface area contributed by atoms with Crippen molar-refractivity contribution >= 4 is 5.82 Å². The quantitative estimate of drug-likeness (QED) is 0.850. The molecule has 8 heteroatoms. The van der Waals surface area contributed by atoms with Crippen molar-refractivity contribution in [3.63, 3.8) is 0 Å². The van der Waals surface area contributed by atoms with Crippen LogP contribution in [0.2, 0.25) is 0 Å². The summed E-state index contributed by atoms with van der Waals surface area (Å²) in [5, 5.41) is 9.94. The molecule has 0 unspecified atom stereocenters. The Morgan fingerprint density at radius 3 is 2.44 bits per heavy atom. The van der Waals surface area contributed by atoms with Gasteiger partial charge in [-0.2, -0.15) is 13.2 Å². The van der Waals surface area contributed by atoms with Gasteiger partial charge in [-0.25, -0.2) is 4.39 Å². The van der Waals surface area contributed by atoms with Crippen LogP contribution in [-0.2, 0) is 12.7 Å². The first-order chi connectivity index (χ1) is 11.9. The molecule has 1 aromatic carbocycles. The summed E-state index contributed by atoms with van der Waals surface area (Å²) >= 11 is 0. The standard InChI is InChI=1S/C17H18F4N4/c18-13-3-1-2-12(10-13)11-25-8-6-14(7-9-25)22-16-5-4-15(23-24-16)17(19,20)21/h1-5,10,14H,6-9,11H2,(H,22,24). The summed E-state index contributed by atoms with van der Waals surface area (Å²) in [6.07, 6.45) is -2.82. The fourth-order valence-electron chi connectivity index (χ4n) is 2.90. The van der Waals surface area contributed by atoms with E-state index >= 15 is 0 Å². The molecule has 0 amide bonds. The van der Waals surface area contributed by atoms with Gasteiger partial charge in [0, 0.05) is 25.7 Å². The minimum atomic E-state index is -4.48. The van der Waals surface area contributed by atoms with Gasteiger partial charge in [0.1, 0.15) is 11.6 Å². The van der Waals surface area contributed by atoms with Crippen LogP contribution in [0.15, 0.2) is 36.4 Å². The molecule has 0 spiro atoms. The number of halogens is 4. The Bertz CT molecular complexity index is 695. The number of alkyl halides is 3. The van der Waals surface area contributed by atoms with E-state index in [0.717, 1.165) is 37.6 Å². The Kier molecular flexibility index (Phi) is 5.17. The normalized spacial score (nSPS) is 16.8. The lowest BCUT2D eigenvalue weighted by Gasteiger charge is -2.32. The smallest absolute Gasteiger partial charge is 0.366 e. The molecule has 1 aromatic heterocycles. The second kappa shape index (κ2) is 7.35. The van der Waals surface area contributed by atoms with Crippen molar-refractivity contribution in [2.45, 2.75) is 31.6 Å². The highest BCUT2D eigenvalue weighted by atomic mass is 19.4. The maximum absolute atomic E-state index is 13.2. The predicted octanol–water partition coefficient (Wildman–Crippen LogP) is 3.71. The van der Waals surface area contributed by atoms with E-state index in [1.54, 1.807) is 6.07 Å². The lowest BCUT2D eigenvalue weighted by Crippen LogP contribution is -2.38. The highest BCUT2D eigenvalue weighted by Crippen LogP contribution is 2.27. The van der Waals surface area contributed by atoms with E-state index in [2.05, 4.69) is 20.4 Å². The van der Waals surface area contributed by atoms with E-state index in [9.17, 15) is 17.6 Å². The van der Waals surface area contributed by atoms with Crippen molar-refractivity contribution in [1.82, 2.24) is 15.1 Å². The van der Waals surface area contributed by atoms with Gasteiger partial charge in [0.25, 0.3) is 0 Å². The van der Waals surface area contributed by atoms with E-state index in [0.29, 0.717) is 12.4 Å². The lowest BCUT2D eigenvalue weighted by atomic mass is 10.0. The van der Waals surface area contributed by atoms with Crippen LogP contribution < -0.4 is 5.32 Å². The van der Waals surface area contributed by atoms with E-state index in [1.165, 1.54) is 18.2 Å². The minimum absolute atomic E-state index is 0.134. The lowest BCUT2D eigenvalue weighted by molar-refractivity contribution is -0.141. The Hall–Kier alpha value is -2.22. The Morgan fingerprint density at radius 2 is 1.84 bits per heavy atom. The van der Waals surface area contributed by atoms with Crippen LogP contribution in [0.1, 0.15) is 24.1 Å². The van der Waals surface area contributed by atoms with E-state index < -0.39 is 11.9 Å². The number of anilines is 1. The second-order valence-electron chi connectivity index (χ2n) is 6.13. The van der Waals surface area contributed by atoms with Gasteiger partial charge in [-0.3, -0.25) is 4.90 Å². The highest BCUT2D eigenvalue weighted by molar-refractivity contribution is 5.34. The molecule has 0 bridgehead atoms. The molecule has 4 nitrogen and oxygen atoms in total. The van der Waals surface area contributed by atoms with Gasteiger partial charge in [0.2, 0.25) is 0 Å². The Morgan fingerprint density at radius 1 is 1.08 bits per heavy atom. The number of nitrogens with one attached hydrogen (secondary N) is 1. The van der Waals surface area contributed by atoms with E-state index in [4.69, 9.17) is 0 Å². The van der Waals surface area contributed by atoms with Gasteiger partial charge < -0.3 is 5.32 Å². The fraction of sp³-hybridized carbons (Fsp3) is 0.412. The summed E-state index contributed by atoms with van der Waals surface area (Å²) in [5.41, 5.74) is -0.0667. The monoisotopic (exact) mass is 354 g/mol. The first kappa shape index (κ1) is 17.6. The maximum atomic E-state index is 13.2. The predicted molar refractivity (Wildman–Crippen MR) is 85.4 cm³/mol. The molecule has 1 aliphatic rings. The number of piperidine rings is 1. The Labute approximate surface area is 142 Å². The molecule has 1 N–H and O–H groups in total. The summed E-state index contributed by atoms with van der Waals surface area (Å²) in [6.45, 7) is 2.33. The summed E-state index contributed by atoms with van der Waals surface area (Å²) in [6, 6.07) is 8.90. The second-order valence-corrected chi connectivity index (χ2v) is 6.13. The van der Waals surface area contributed by atoms with Crippen molar-refractivity contribution in [3.05, 3.63) is 53.5 Å². The number of hydrogen-bond donors (Lipinski definition) is 1. The number of aromatic nitrogens is 2. The van der Waals surface area contributed by atoms with Crippen LogP contribution in [-0.4, -0.2) is 34.2 Å². The molecule has 134 valence electrons. The van der Waals surface area contributed by atoms with Crippen LogP contribution in [0, 0.1) is 5.82 Å². The summed E-state index contributed by atoms with van der Waals surface area (Å²) in [5.74, 6) is 0.103. The summed E-state index contributed by atoms with van der Waals surface area (Å²) < 4.78 is 50.6. The largest absolute Gasteiger partial charge is 0.435 e. The molecule has 1 saturated heterocycles. The third-order valence-corrected chi connectivity index (χ3v) is 4.19. The van der Waals surface area contributed by atoms with Gasteiger partial charge in [-0.1, -0.05) is 12.1 Å². The number of rotatable bonds is 4.